The standard InChI is InChI=1S/C26H28ClN3O3S.C2HF3O2/c27-24-13-7-8-14-25(24)34(32,33)30-22-15-21(16-28-17-22)26(31)29-18-23(19-9-3-1-4-10-19)20-11-5-2-6-12-20;3-2(4,5)1(6)7/h1-14,21-23,28,30H,15-18H2,(H,29,31);(H,6,7)/t21-,22+;/m0./s1. The molecule has 3 aromatic rings. The van der Waals surface area contributed by atoms with Gasteiger partial charge in [0.25, 0.3) is 0 Å². The predicted molar refractivity (Wildman–Crippen MR) is 148 cm³/mol. The third kappa shape index (κ3) is 9.56. The summed E-state index contributed by atoms with van der Waals surface area (Å²) in [6.07, 6.45) is -4.68. The Balaban J connectivity index is 0.000000587. The molecule has 1 saturated heterocycles. The molecule has 41 heavy (non-hydrogen) atoms. The molecule has 1 aliphatic heterocycles. The molecule has 4 rings (SSSR count). The van der Waals surface area contributed by atoms with Crippen molar-refractivity contribution in [2.24, 2.45) is 5.92 Å². The van der Waals surface area contributed by atoms with Crippen LogP contribution in [0.25, 0.3) is 0 Å². The molecule has 3 aromatic carbocycles. The van der Waals surface area contributed by atoms with Crippen molar-refractivity contribution in [3.63, 3.8) is 0 Å². The van der Waals surface area contributed by atoms with E-state index < -0.39 is 28.2 Å². The molecule has 220 valence electrons. The molecule has 0 spiro atoms. The maximum atomic E-state index is 13.1. The van der Waals surface area contributed by atoms with Gasteiger partial charge in [0, 0.05) is 31.6 Å². The van der Waals surface area contributed by atoms with E-state index in [4.69, 9.17) is 21.5 Å². The Morgan fingerprint density at radius 1 is 0.927 bits per heavy atom. The van der Waals surface area contributed by atoms with E-state index in [9.17, 15) is 26.4 Å². The number of carboxylic acids is 1. The number of hydrogen-bond donors (Lipinski definition) is 4. The van der Waals surface area contributed by atoms with Gasteiger partial charge in [0.15, 0.2) is 0 Å². The summed E-state index contributed by atoms with van der Waals surface area (Å²) in [6.45, 7) is 1.40. The molecule has 1 amide bonds. The first kappa shape index (κ1) is 32.1. The fourth-order valence-corrected chi connectivity index (χ4v) is 6.09. The van der Waals surface area contributed by atoms with Gasteiger partial charge < -0.3 is 15.7 Å². The lowest BCUT2D eigenvalue weighted by atomic mass is 9.90. The Labute approximate surface area is 241 Å². The van der Waals surface area contributed by atoms with Gasteiger partial charge in [-0.2, -0.15) is 13.2 Å². The second-order valence-corrected chi connectivity index (χ2v) is 11.4. The number of nitrogens with one attached hydrogen (secondary N) is 3. The first-order valence-electron chi connectivity index (χ1n) is 12.5. The average Bonchev–Trinajstić information content (AvgIpc) is 2.94. The maximum Gasteiger partial charge on any atom is 0.490 e. The van der Waals surface area contributed by atoms with Crippen molar-refractivity contribution in [3.8, 4) is 0 Å². The fraction of sp³-hybridized carbons (Fsp3) is 0.286. The number of alkyl halides is 3. The normalized spacial score (nSPS) is 17.3. The minimum absolute atomic E-state index is 0.0254. The second kappa shape index (κ2) is 14.4. The lowest BCUT2D eigenvalue weighted by Gasteiger charge is -2.30. The third-order valence-electron chi connectivity index (χ3n) is 6.30. The van der Waals surface area contributed by atoms with Crippen molar-refractivity contribution in [2.45, 2.75) is 29.5 Å². The Bertz CT molecular complexity index is 1370. The van der Waals surface area contributed by atoms with Gasteiger partial charge in [-0.3, -0.25) is 4.79 Å². The Hall–Kier alpha value is -3.45. The molecular formula is C28H29ClF3N3O5S. The quantitative estimate of drug-likeness (QED) is 0.303. The van der Waals surface area contributed by atoms with Gasteiger partial charge >= 0.3 is 12.1 Å². The fourth-order valence-electron chi connectivity index (χ4n) is 4.32. The van der Waals surface area contributed by atoms with Gasteiger partial charge in [-0.05, 0) is 29.7 Å². The molecule has 1 fully saturated rings. The van der Waals surface area contributed by atoms with Gasteiger partial charge in [-0.25, -0.2) is 17.9 Å². The number of aliphatic carboxylic acids is 1. The van der Waals surface area contributed by atoms with Crippen LogP contribution < -0.4 is 15.4 Å². The van der Waals surface area contributed by atoms with Crippen LogP contribution >= 0.6 is 11.6 Å². The molecule has 13 heteroatoms. The SMILES string of the molecule is O=C(NCC(c1ccccc1)c1ccccc1)[C@@H]1CNC[C@H](NS(=O)(=O)c2ccccc2Cl)C1.O=C(O)C(F)(F)F. The summed E-state index contributed by atoms with van der Waals surface area (Å²) in [4.78, 5) is 22.0. The number of carboxylic acid groups (broad SMARTS) is 1. The highest BCUT2D eigenvalue weighted by Gasteiger charge is 2.38. The number of sulfonamides is 1. The van der Waals surface area contributed by atoms with Gasteiger partial charge in [0.05, 0.1) is 10.9 Å². The number of piperidine rings is 1. The van der Waals surface area contributed by atoms with Crippen LogP contribution in [0.5, 0.6) is 0 Å². The summed E-state index contributed by atoms with van der Waals surface area (Å²) in [5.74, 6) is -3.17. The second-order valence-electron chi connectivity index (χ2n) is 9.26. The lowest BCUT2D eigenvalue weighted by molar-refractivity contribution is -0.192. The molecule has 0 aromatic heterocycles. The van der Waals surface area contributed by atoms with Crippen molar-refractivity contribution in [3.05, 3.63) is 101 Å². The Morgan fingerprint density at radius 2 is 1.44 bits per heavy atom. The smallest absolute Gasteiger partial charge is 0.475 e. The summed E-state index contributed by atoms with van der Waals surface area (Å²) < 4.78 is 60.0. The van der Waals surface area contributed by atoms with E-state index in [2.05, 4.69) is 39.6 Å². The van der Waals surface area contributed by atoms with Crippen molar-refractivity contribution >= 4 is 33.5 Å². The highest BCUT2D eigenvalue weighted by molar-refractivity contribution is 7.89. The molecule has 0 radical (unpaired) electrons. The number of carbonyl (C=O) groups is 2. The third-order valence-corrected chi connectivity index (χ3v) is 8.32. The van der Waals surface area contributed by atoms with E-state index in [0.29, 0.717) is 26.1 Å². The molecule has 0 aliphatic carbocycles. The molecule has 0 bridgehead atoms. The predicted octanol–water partition coefficient (Wildman–Crippen LogP) is 4.18. The van der Waals surface area contributed by atoms with Crippen LogP contribution in [-0.4, -0.2) is 57.3 Å². The van der Waals surface area contributed by atoms with Gasteiger partial charge in [-0.15, -0.1) is 0 Å². The molecule has 1 heterocycles. The van der Waals surface area contributed by atoms with E-state index in [0.717, 1.165) is 11.1 Å². The zero-order valence-electron chi connectivity index (χ0n) is 21.6. The van der Waals surface area contributed by atoms with Crippen LogP contribution in [0.4, 0.5) is 13.2 Å². The van der Waals surface area contributed by atoms with Crippen molar-refractivity contribution in [1.82, 2.24) is 15.4 Å². The summed E-state index contributed by atoms with van der Waals surface area (Å²) >= 11 is 6.08. The Morgan fingerprint density at radius 3 is 1.95 bits per heavy atom. The van der Waals surface area contributed by atoms with Gasteiger partial charge in [-0.1, -0.05) is 84.4 Å². The lowest BCUT2D eigenvalue weighted by Crippen LogP contribution is -2.52. The molecule has 2 atom stereocenters. The van der Waals surface area contributed by atoms with Crippen LogP contribution in [0.2, 0.25) is 5.02 Å². The molecule has 0 saturated carbocycles. The highest BCUT2D eigenvalue weighted by atomic mass is 35.5. The summed E-state index contributed by atoms with van der Waals surface area (Å²) in [6, 6.07) is 26.1. The summed E-state index contributed by atoms with van der Waals surface area (Å²) in [5, 5.41) is 13.6. The first-order chi connectivity index (χ1) is 19.4. The molecule has 1 aliphatic rings. The van der Waals surface area contributed by atoms with E-state index in [1.807, 2.05) is 36.4 Å². The monoisotopic (exact) mass is 611 g/mol. The largest absolute Gasteiger partial charge is 0.490 e. The van der Waals surface area contributed by atoms with Gasteiger partial charge in [0.2, 0.25) is 15.9 Å². The molecule has 8 nitrogen and oxygen atoms in total. The summed E-state index contributed by atoms with van der Waals surface area (Å²) in [7, 11) is -3.79. The number of benzene rings is 3. The zero-order chi connectivity index (χ0) is 30.0. The highest BCUT2D eigenvalue weighted by Crippen LogP contribution is 2.25. The zero-order valence-corrected chi connectivity index (χ0v) is 23.2. The van der Waals surface area contributed by atoms with Crippen LogP contribution in [0, 0.1) is 5.92 Å². The minimum atomic E-state index is -5.08. The van der Waals surface area contributed by atoms with Crippen LogP contribution in [0.15, 0.2) is 89.8 Å². The van der Waals surface area contributed by atoms with E-state index in [1.54, 1.807) is 18.2 Å². The van der Waals surface area contributed by atoms with Crippen molar-refractivity contribution in [2.75, 3.05) is 19.6 Å². The van der Waals surface area contributed by atoms with E-state index in [1.165, 1.54) is 6.07 Å². The Kier molecular flexibility index (Phi) is 11.3. The van der Waals surface area contributed by atoms with E-state index >= 15 is 0 Å². The van der Waals surface area contributed by atoms with Crippen LogP contribution in [0.1, 0.15) is 23.5 Å². The minimum Gasteiger partial charge on any atom is -0.475 e. The number of halogens is 4. The van der Waals surface area contributed by atoms with Crippen molar-refractivity contribution in [1.29, 1.82) is 0 Å². The number of amides is 1. The average molecular weight is 612 g/mol. The molecule has 0 unspecified atom stereocenters. The molecule has 4 N–H and O–H groups in total. The number of rotatable bonds is 8. The molecular weight excluding hydrogens is 583 g/mol. The maximum absolute atomic E-state index is 13.1. The number of hydrogen-bond acceptors (Lipinski definition) is 5. The van der Waals surface area contributed by atoms with E-state index in [-0.39, 0.29) is 27.7 Å². The number of carbonyl (C=O) groups excluding carboxylic acids is 1. The van der Waals surface area contributed by atoms with Crippen LogP contribution in [0.3, 0.4) is 0 Å². The summed E-state index contributed by atoms with van der Waals surface area (Å²) in [5.41, 5.74) is 2.25. The van der Waals surface area contributed by atoms with Crippen molar-refractivity contribution < 1.29 is 36.3 Å². The first-order valence-corrected chi connectivity index (χ1v) is 14.4. The topological polar surface area (TPSA) is 125 Å². The van der Waals surface area contributed by atoms with Gasteiger partial charge in [0.1, 0.15) is 4.90 Å². The van der Waals surface area contributed by atoms with Crippen LogP contribution in [-0.2, 0) is 19.6 Å².